The second kappa shape index (κ2) is 6.19. The van der Waals surface area contributed by atoms with Gasteiger partial charge in [0.15, 0.2) is 0 Å². The fourth-order valence-corrected chi connectivity index (χ4v) is 2.96. The van der Waals surface area contributed by atoms with Crippen molar-refractivity contribution in [3.05, 3.63) is 46.2 Å². The number of nitrogens with zero attached hydrogens (tertiary/aromatic N) is 1. The fourth-order valence-electron chi connectivity index (χ4n) is 2.34. The minimum atomic E-state index is -0.177. The molecule has 2 aromatic rings. The zero-order chi connectivity index (χ0) is 15.5. The van der Waals surface area contributed by atoms with Crippen molar-refractivity contribution < 1.29 is 14.3 Å². The summed E-state index contributed by atoms with van der Waals surface area (Å²) in [7, 11) is 0. The third kappa shape index (κ3) is 2.82. The minimum Gasteiger partial charge on any atom is -0.491 e. The molecular weight excluding hydrogens is 300 g/mol. The number of hydrogen-bond acceptors (Lipinski definition) is 4. The van der Waals surface area contributed by atoms with Crippen LogP contribution in [0, 0.1) is 0 Å². The van der Waals surface area contributed by atoms with E-state index in [2.05, 4.69) is 5.32 Å². The molecule has 3 rings (SSSR count). The second-order valence-electron chi connectivity index (χ2n) is 4.88. The maximum absolute atomic E-state index is 12.5. The predicted octanol–water partition coefficient (Wildman–Crippen LogP) is 2.85. The number of fused-ring (bicyclic) bond motifs is 1. The number of hydrogen-bond donors (Lipinski definition) is 1. The van der Waals surface area contributed by atoms with Crippen LogP contribution in [0.2, 0.25) is 0 Å². The summed E-state index contributed by atoms with van der Waals surface area (Å²) < 4.78 is 5.61. The lowest BCUT2D eigenvalue weighted by molar-refractivity contribution is 0.0764. The molecule has 6 heteroatoms. The highest BCUT2D eigenvalue weighted by Gasteiger charge is 2.23. The monoisotopic (exact) mass is 316 g/mol. The van der Waals surface area contributed by atoms with E-state index < -0.39 is 0 Å². The molecule has 0 spiro atoms. The number of benzene rings is 1. The van der Waals surface area contributed by atoms with Crippen molar-refractivity contribution in [2.45, 2.75) is 6.92 Å². The summed E-state index contributed by atoms with van der Waals surface area (Å²) in [6, 6.07) is 8.75. The summed E-state index contributed by atoms with van der Waals surface area (Å²) in [6.07, 6.45) is 0. The van der Waals surface area contributed by atoms with Crippen LogP contribution < -0.4 is 10.1 Å². The Bertz CT molecular complexity index is 697. The normalized spacial score (nSPS) is 14.0. The Morgan fingerprint density at radius 1 is 1.41 bits per heavy atom. The highest BCUT2D eigenvalue weighted by molar-refractivity contribution is 7.12. The van der Waals surface area contributed by atoms with Gasteiger partial charge in [-0.2, -0.15) is 0 Å². The number of carbonyl (C=O) groups excluding carboxylic acids is 2. The van der Waals surface area contributed by atoms with Gasteiger partial charge in [-0.15, -0.1) is 11.3 Å². The number of likely N-dealkylation sites (N-methyl/N-ethyl adjacent to an activating group) is 1. The van der Waals surface area contributed by atoms with Crippen LogP contribution in [0.1, 0.15) is 27.0 Å². The fraction of sp³-hybridized carbons (Fsp3) is 0.250. The Morgan fingerprint density at radius 3 is 3.00 bits per heavy atom. The summed E-state index contributed by atoms with van der Waals surface area (Å²) in [5, 5.41) is 4.66. The van der Waals surface area contributed by atoms with Gasteiger partial charge in [0.1, 0.15) is 12.4 Å². The number of anilines is 1. The van der Waals surface area contributed by atoms with E-state index in [0.717, 1.165) is 0 Å². The number of thiophene rings is 1. The van der Waals surface area contributed by atoms with Crippen molar-refractivity contribution in [3.63, 3.8) is 0 Å². The lowest BCUT2D eigenvalue weighted by atomic mass is 10.1. The zero-order valence-electron chi connectivity index (χ0n) is 12.2. The lowest BCUT2D eigenvalue weighted by Gasteiger charge is -2.17. The van der Waals surface area contributed by atoms with Crippen LogP contribution in [0.25, 0.3) is 0 Å². The van der Waals surface area contributed by atoms with Gasteiger partial charge in [0.2, 0.25) is 0 Å². The molecule has 0 unspecified atom stereocenters. The minimum absolute atomic E-state index is 0.0674. The first kappa shape index (κ1) is 14.6. The molecule has 0 saturated heterocycles. The van der Waals surface area contributed by atoms with Crippen molar-refractivity contribution >= 4 is 28.8 Å². The molecule has 114 valence electrons. The highest BCUT2D eigenvalue weighted by Crippen LogP contribution is 2.27. The van der Waals surface area contributed by atoms with E-state index in [9.17, 15) is 9.59 Å². The molecule has 1 N–H and O–H groups in total. The molecule has 2 amide bonds. The maximum Gasteiger partial charge on any atom is 0.265 e. The molecule has 22 heavy (non-hydrogen) atoms. The highest BCUT2D eigenvalue weighted by atomic mass is 32.1. The van der Waals surface area contributed by atoms with Crippen molar-refractivity contribution in [2.24, 2.45) is 0 Å². The average Bonchev–Trinajstić information content (AvgIpc) is 3.01. The number of carbonyl (C=O) groups is 2. The smallest absolute Gasteiger partial charge is 0.265 e. The lowest BCUT2D eigenvalue weighted by Crippen LogP contribution is -2.32. The van der Waals surface area contributed by atoms with Gasteiger partial charge in [-0.25, -0.2) is 0 Å². The van der Waals surface area contributed by atoms with Crippen molar-refractivity contribution in [2.75, 3.05) is 25.0 Å². The number of amides is 2. The summed E-state index contributed by atoms with van der Waals surface area (Å²) in [6.45, 7) is 3.62. The Hall–Kier alpha value is -2.34. The Morgan fingerprint density at radius 2 is 2.27 bits per heavy atom. The molecular formula is C16H16N2O3S. The molecule has 2 heterocycles. The van der Waals surface area contributed by atoms with Gasteiger partial charge in [-0.05, 0) is 36.6 Å². The van der Waals surface area contributed by atoms with Gasteiger partial charge < -0.3 is 15.0 Å². The summed E-state index contributed by atoms with van der Waals surface area (Å²) in [5.74, 6) is 0.321. The number of rotatable bonds is 3. The summed E-state index contributed by atoms with van der Waals surface area (Å²) in [5.41, 5.74) is 1.08. The Balaban J connectivity index is 1.86. The van der Waals surface area contributed by atoms with E-state index in [1.807, 2.05) is 18.4 Å². The van der Waals surface area contributed by atoms with Gasteiger partial charge in [0.25, 0.3) is 11.8 Å². The second-order valence-corrected chi connectivity index (χ2v) is 5.82. The van der Waals surface area contributed by atoms with Gasteiger partial charge in [0.05, 0.1) is 17.0 Å². The Kier molecular flexibility index (Phi) is 4.11. The van der Waals surface area contributed by atoms with Crippen LogP contribution in [0.15, 0.2) is 35.7 Å². The number of ether oxygens (including phenoxy) is 1. The standard InChI is InChI=1S/C16H16N2O3S/c1-2-18-7-8-21-13-6-5-11(10-12(13)16(18)20)17-15(19)14-4-3-9-22-14/h3-6,9-10H,2,7-8H2,1H3,(H,17,19). The zero-order valence-corrected chi connectivity index (χ0v) is 13.0. The average molecular weight is 316 g/mol. The first-order chi connectivity index (χ1) is 10.7. The molecule has 1 aromatic heterocycles. The van der Waals surface area contributed by atoms with Crippen molar-refractivity contribution in [3.8, 4) is 5.75 Å². The van der Waals surface area contributed by atoms with Crippen LogP contribution >= 0.6 is 11.3 Å². The third-order valence-corrected chi connectivity index (χ3v) is 4.37. The quantitative estimate of drug-likeness (QED) is 0.947. The molecule has 0 aliphatic carbocycles. The van der Waals surface area contributed by atoms with Crippen molar-refractivity contribution in [1.82, 2.24) is 4.90 Å². The topological polar surface area (TPSA) is 58.6 Å². The van der Waals surface area contributed by atoms with E-state index >= 15 is 0 Å². The van der Waals surface area contributed by atoms with Crippen LogP contribution in [0.5, 0.6) is 5.75 Å². The van der Waals surface area contributed by atoms with E-state index in [-0.39, 0.29) is 11.8 Å². The van der Waals surface area contributed by atoms with Gasteiger partial charge in [0, 0.05) is 12.2 Å². The Labute approximate surface area is 132 Å². The molecule has 1 aliphatic rings. The van der Waals surface area contributed by atoms with Crippen LogP contribution in [-0.2, 0) is 0 Å². The molecule has 1 aliphatic heterocycles. The maximum atomic E-state index is 12.5. The largest absolute Gasteiger partial charge is 0.491 e. The molecule has 5 nitrogen and oxygen atoms in total. The van der Waals surface area contributed by atoms with E-state index in [1.165, 1.54) is 11.3 Å². The first-order valence-electron chi connectivity index (χ1n) is 7.10. The third-order valence-electron chi connectivity index (χ3n) is 3.50. The number of nitrogens with one attached hydrogen (secondary N) is 1. The molecule has 0 atom stereocenters. The van der Waals surface area contributed by atoms with E-state index in [1.54, 1.807) is 29.2 Å². The summed E-state index contributed by atoms with van der Waals surface area (Å²) in [4.78, 5) is 26.9. The summed E-state index contributed by atoms with van der Waals surface area (Å²) >= 11 is 1.38. The molecule has 0 radical (unpaired) electrons. The molecule has 0 saturated carbocycles. The van der Waals surface area contributed by atoms with E-state index in [0.29, 0.717) is 41.6 Å². The van der Waals surface area contributed by atoms with Crippen LogP contribution in [0.3, 0.4) is 0 Å². The van der Waals surface area contributed by atoms with Crippen LogP contribution in [-0.4, -0.2) is 36.4 Å². The predicted molar refractivity (Wildman–Crippen MR) is 85.8 cm³/mol. The molecule has 0 fully saturated rings. The van der Waals surface area contributed by atoms with Gasteiger partial charge in [-0.3, -0.25) is 9.59 Å². The SMILES string of the molecule is CCN1CCOc2ccc(NC(=O)c3cccs3)cc2C1=O. The van der Waals surface area contributed by atoms with Crippen LogP contribution in [0.4, 0.5) is 5.69 Å². The van der Waals surface area contributed by atoms with Gasteiger partial charge in [-0.1, -0.05) is 6.07 Å². The first-order valence-corrected chi connectivity index (χ1v) is 7.98. The van der Waals surface area contributed by atoms with E-state index in [4.69, 9.17) is 4.74 Å². The van der Waals surface area contributed by atoms with Crippen molar-refractivity contribution in [1.29, 1.82) is 0 Å². The molecule has 1 aromatic carbocycles. The molecule has 0 bridgehead atoms. The van der Waals surface area contributed by atoms with Gasteiger partial charge >= 0.3 is 0 Å².